The maximum Gasteiger partial charge on any atom is 0.137 e. The normalized spacial score (nSPS) is 47.2. The topological polar surface area (TPSA) is 82.2 Å². The Morgan fingerprint density at radius 3 is 2.65 bits per heavy atom. The van der Waals surface area contributed by atoms with Gasteiger partial charge in [0.15, 0.2) is 0 Å². The average Bonchev–Trinajstić information content (AvgIpc) is 2.96. The highest BCUT2D eigenvalue weighted by Gasteiger charge is 2.62. The van der Waals surface area contributed by atoms with Crippen molar-refractivity contribution in [2.45, 2.75) is 65.7 Å². The number of ketones is 1. The van der Waals surface area contributed by atoms with Crippen LogP contribution in [-0.2, 0) is 4.79 Å². The van der Waals surface area contributed by atoms with Crippen LogP contribution in [0.4, 0.5) is 0 Å². The monoisotopic (exact) mass is 358 g/mol. The Morgan fingerprint density at radius 1 is 1.19 bits per heavy atom. The van der Waals surface area contributed by atoms with E-state index in [9.17, 15) is 10.0 Å². The lowest BCUT2D eigenvalue weighted by molar-refractivity contribution is -0.144. The molecule has 4 rings (SSSR count). The van der Waals surface area contributed by atoms with E-state index >= 15 is 0 Å². The lowest BCUT2D eigenvalue weighted by atomic mass is 9.46. The molecule has 0 aliphatic heterocycles. The van der Waals surface area contributed by atoms with Crippen LogP contribution >= 0.6 is 0 Å². The molecule has 4 aliphatic rings. The van der Waals surface area contributed by atoms with Gasteiger partial charge in [-0.15, -0.1) is 0 Å². The van der Waals surface area contributed by atoms with Crippen molar-refractivity contribution < 1.29 is 15.2 Å². The minimum absolute atomic E-state index is 0.0709. The quantitative estimate of drug-likeness (QED) is 0.413. The fraction of sp³-hybridized carbons (Fsp3) is 0.762. The fourth-order valence-corrected chi connectivity index (χ4v) is 7.23. The van der Waals surface area contributed by atoms with Gasteiger partial charge in [-0.3, -0.25) is 4.79 Å². The summed E-state index contributed by atoms with van der Waals surface area (Å²) in [4.78, 5) is 13.4. The van der Waals surface area contributed by atoms with Gasteiger partial charge in [0.05, 0.1) is 11.4 Å². The molecule has 0 unspecified atom stereocenters. The van der Waals surface area contributed by atoms with Crippen molar-refractivity contribution in [2.75, 3.05) is 0 Å². The molecule has 0 aromatic heterocycles. The molecule has 0 aromatic rings. The highest BCUT2D eigenvalue weighted by molar-refractivity contribution is 5.97. The van der Waals surface area contributed by atoms with E-state index in [1.165, 1.54) is 5.57 Å². The van der Waals surface area contributed by atoms with Crippen LogP contribution in [0.5, 0.6) is 0 Å². The summed E-state index contributed by atoms with van der Waals surface area (Å²) in [6.07, 6.45) is 8.46. The van der Waals surface area contributed by atoms with Crippen LogP contribution in [-0.4, -0.2) is 27.6 Å². The van der Waals surface area contributed by atoms with Crippen molar-refractivity contribution in [1.29, 1.82) is 0 Å². The molecule has 3 saturated carbocycles. The zero-order valence-corrected chi connectivity index (χ0v) is 16.0. The molecular weight excluding hydrogens is 328 g/mol. The summed E-state index contributed by atoms with van der Waals surface area (Å²) in [7, 11) is 0. The van der Waals surface area contributed by atoms with Gasteiger partial charge >= 0.3 is 0 Å². The Morgan fingerprint density at radius 2 is 1.96 bits per heavy atom. The number of hydrogen-bond acceptors (Lipinski definition) is 5. The van der Waals surface area contributed by atoms with Gasteiger partial charge in [0, 0.05) is 18.3 Å². The molecule has 0 heterocycles. The third-order valence-electron chi connectivity index (χ3n) is 8.46. The molecule has 0 spiro atoms. The first-order chi connectivity index (χ1) is 12.3. The molecule has 2 N–H and O–H groups in total. The molecule has 26 heavy (non-hydrogen) atoms. The molecule has 5 nitrogen and oxygen atoms in total. The van der Waals surface area contributed by atoms with E-state index in [1.807, 2.05) is 13.0 Å². The molecule has 5 heteroatoms. The third kappa shape index (κ3) is 2.25. The Bertz CT molecular complexity index is 725. The number of allylic oxidation sites excluding steroid dienone is 2. The second-order valence-corrected chi connectivity index (χ2v) is 9.49. The first kappa shape index (κ1) is 17.7. The highest BCUT2D eigenvalue weighted by atomic mass is 16.4. The Balaban J connectivity index is 1.72. The summed E-state index contributed by atoms with van der Waals surface area (Å²) in [6, 6.07) is 0. The molecule has 4 aliphatic carbocycles. The number of rotatable bonds is 1. The van der Waals surface area contributed by atoms with E-state index in [4.69, 9.17) is 5.21 Å². The predicted octanol–water partition coefficient (Wildman–Crippen LogP) is 4.42. The average molecular weight is 358 g/mol. The van der Waals surface area contributed by atoms with Crippen LogP contribution in [0, 0.1) is 34.5 Å². The number of nitrogens with zero attached hydrogens (tertiary/aromatic N) is 2. The van der Waals surface area contributed by atoms with Gasteiger partial charge in [-0.1, -0.05) is 29.7 Å². The SMILES string of the molecule is C/C(=N\O)[C@H]1CC[C@H]2[C@@H]3CCC4=C/C(=N\O)CC[C@]4(C)[C@H]3C(=O)C[C@]12C. The van der Waals surface area contributed by atoms with Gasteiger partial charge in [0.2, 0.25) is 0 Å². The second kappa shape index (κ2) is 5.93. The van der Waals surface area contributed by atoms with Crippen LogP contribution in [0.15, 0.2) is 22.0 Å². The molecule has 0 saturated heterocycles. The van der Waals surface area contributed by atoms with E-state index in [0.717, 1.165) is 49.9 Å². The van der Waals surface area contributed by atoms with E-state index < -0.39 is 0 Å². The summed E-state index contributed by atoms with van der Waals surface area (Å²) in [5.41, 5.74) is 2.68. The number of Topliss-reactive ketones (excluding diaryl/α,β-unsaturated/α-hetero) is 1. The van der Waals surface area contributed by atoms with E-state index in [-0.39, 0.29) is 22.7 Å². The molecule has 6 atom stereocenters. The summed E-state index contributed by atoms with van der Waals surface area (Å²) in [6.45, 7) is 6.41. The summed E-state index contributed by atoms with van der Waals surface area (Å²) in [5.74, 6) is 1.65. The van der Waals surface area contributed by atoms with Crippen molar-refractivity contribution in [3.05, 3.63) is 11.6 Å². The zero-order chi connectivity index (χ0) is 18.7. The number of hydrogen-bond donors (Lipinski definition) is 2. The van der Waals surface area contributed by atoms with Crippen molar-refractivity contribution in [3.8, 4) is 0 Å². The third-order valence-corrected chi connectivity index (χ3v) is 8.46. The van der Waals surface area contributed by atoms with Crippen molar-refractivity contribution in [2.24, 2.45) is 44.8 Å². The fourth-order valence-electron chi connectivity index (χ4n) is 7.23. The number of carbonyl (C=O) groups excluding carboxylic acids is 1. The van der Waals surface area contributed by atoms with Crippen LogP contribution < -0.4 is 0 Å². The molecule has 0 radical (unpaired) electrons. The van der Waals surface area contributed by atoms with Gasteiger partial charge in [0.1, 0.15) is 5.78 Å². The Labute approximate surface area is 155 Å². The molecular formula is C21H30N2O3. The van der Waals surface area contributed by atoms with Crippen molar-refractivity contribution in [1.82, 2.24) is 0 Å². The van der Waals surface area contributed by atoms with Gasteiger partial charge in [0.25, 0.3) is 0 Å². The maximum atomic E-state index is 13.4. The van der Waals surface area contributed by atoms with Gasteiger partial charge in [-0.2, -0.15) is 0 Å². The van der Waals surface area contributed by atoms with E-state index in [0.29, 0.717) is 24.0 Å². The first-order valence-corrected chi connectivity index (χ1v) is 9.98. The predicted molar refractivity (Wildman–Crippen MR) is 99.7 cm³/mol. The number of oxime groups is 2. The minimum atomic E-state index is -0.0896. The van der Waals surface area contributed by atoms with Crippen LogP contribution in [0.25, 0.3) is 0 Å². The molecule has 0 amide bonds. The smallest absolute Gasteiger partial charge is 0.137 e. The van der Waals surface area contributed by atoms with Crippen molar-refractivity contribution >= 4 is 17.2 Å². The molecule has 0 aromatic carbocycles. The Hall–Kier alpha value is -1.65. The molecule has 3 fully saturated rings. The zero-order valence-electron chi connectivity index (χ0n) is 16.0. The van der Waals surface area contributed by atoms with Crippen LogP contribution in [0.3, 0.4) is 0 Å². The van der Waals surface area contributed by atoms with Crippen LogP contribution in [0.1, 0.15) is 65.7 Å². The second-order valence-electron chi connectivity index (χ2n) is 9.49. The van der Waals surface area contributed by atoms with Crippen LogP contribution in [0.2, 0.25) is 0 Å². The minimum Gasteiger partial charge on any atom is -0.411 e. The van der Waals surface area contributed by atoms with E-state index in [2.05, 4.69) is 24.2 Å². The highest BCUT2D eigenvalue weighted by Crippen LogP contribution is 2.65. The summed E-state index contributed by atoms with van der Waals surface area (Å²) < 4.78 is 0. The number of carbonyl (C=O) groups is 1. The summed E-state index contributed by atoms with van der Waals surface area (Å²) >= 11 is 0. The standard InChI is InChI=1S/C21H30N2O3/c1-12(22-25)16-6-7-17-15-5-4-13-10-14(23-26)8-9-20(13,2)19(15)18(24)11-21(16,17)3/h10,15-17,19,25-26H,4-9,11H2,1-3H3/b22-12+,23-14-/t15-,16+,17-,19+,20-,21+/m0/s1. The van der Waals surface area contributed by atoms with Gasteiger partial charge in [-0.25, -0.2) is 0 Å². The first-order valence-electron chi connectivity index (χ1n) is 9.98. The summed E-state index contributed by atoms with van der Waals surface area (Å²) in [5, 5.41) is 25.4. The van der Waals surface area contributed by atoms with Gasteiger partial charge in [-0.05, 0) is 74.2 Å². The lowest BCUT2D eigenvalue weighted by Crippen LogP contribution is -2.55. The lowest BCUT2D eigenvalue weighted by Gasteiger charge is -2.57. The van der Waals surface area contributed by atoms with Crippen molar-refractivity contribution in [3.63, 3.8) is 0 Å². The molecule has 0 bridgehead atoms. The maximum absolute atomic E-state index is 13.4. The Kier molecular flexibility index (Phi) is 4.05. The number of fused-ring (bicyclic) bond motifs is 5. The van der Waals surface area contributed by atoms with E-state index in [1.54, 1.807) is 0 Å². The largest absolute Gasteiger partial charge is 0.411 e. The van der Waals surface area contributed by atoms with Gasteiger partial charge < -0.3 is 10.4 Å². The molecule has 142 valence electrons.